The summed E-state index contributed by atoms with van der Waals surface area (Å²) >= 11 is 0. The Kier molecular flexibility index (Phi) is 5.86. The zero-order chi connectivity index (χ0) is 17.7. The van der Waals surface area contributed by atoms with Crippen LogP contribution in [-0.2, 0) is 14.3 Å². The van der Waals surface area contributed by atoms with Crippen LogP contribution in [0.25, 0.3) is 0 Å². The first kappa shape index (κ1) is 17.9. The van der Waals surface area contributed by atoms with E-state index in [2.05, 4.69) is 10.1 Å². The summed E-state index contributed by atoms with van der Waals surface area (Å²) < 4.78 is 4.66. The van der Waals surface area contributed by atoms with E-state index in [1.807, 2.05) is 4.90 Å². The van der Waals surface area contributed by atoms with Crippen LogP contribution >= 0.6 is 0 Å². The second kappa shape index (κ2) is 7.87. The molecule has 0 radical (unpaired) electrons. The van der Waals surface area contributed by atoms with Crippen LogP contribution in [-0.4, -0.2) is 47.9 Å². The van der Waals surface area contributed by atoms with Gasteiger partial charge in [-0.1, -0.05) is 6.07 Å². The molecule has 130 valence electrons. The number of esters is 1. The molecule has 1 saturated heterocycles. The Morgan fingerprint density at radius 3 is 2.62 bits per heavy atom. The lowest BCUT2D eigenvalue weighted by Gasteiger charge is -2.25. The molecule has 0 bridgehead atoms. The third kappa shape index (κ3) is 4.29. The molecule has 1 aromatic rings. The number of aryl methyl sites for hydroxylation is 1. The van der Waals surface area contributed by atoms with Gasteiger partial charge in [0.1, 0.15) is 11.7 Å². The number of benzene rings is 1. The predicted octanol–water partition coefficient (Wildman–Crippen LogP) is 1.87. The van der Waals surface area contributed by atoms with E-state index in [1.54, 1.807) is 13.0 Å². The highest BCUT2D eigenvalue weighted by atomic mass is 16.6. The highest BCUT2D eigenvalue weighted by molar-refractivity contribution is 5.98. The monoisotopic (exact) mass is 335 g/mol. The number of methoxy groups -OCH3 is 1. The number of nitro groups is 1. The van der Waals surface area contributed by atoms with Gasteiger partial charge in [0.25, 0.3) is 5.69 Å². The molecule has 2 rings (SSSR count). The first-order valence-electron chi connectivity index (χ1n) is 7.79. The molecule has 1 unspecified atom stereocenters. The van der Waals surface area contributed by atoms with Crippen LogP contribution in [0.15, 0.2) is 18.2 Å². The third-order valence-electron chi connectivity index (χ3n) is 4.08. The molecule has 1 aromatic carbocycles. The second-order valence-electron chi connectivity index (χ2n) is 5.81. The van der Waals surface area contributed by atoms with Crippen LogP contribution in [0.4, 0.5) is 11.4 Å². The molecule has 1 N–H and O–H groups in total. The number of hydrogen-bond donors (Lipinski definition) is 1. The summed E-state index contributed by atoms with van der Waals surface area (Å²) in [5.74, 6) is -0.922. The fourth-order valence-corrected chi connectivity index (χ4v) is 2.80. The van der Waals surface area contributed by atoms with Crippen molar-refractivity contribution >= 4 is 23.3 Å². The molecular weight excluding hydrogens is 314 g/mol. The fourth-order valence-electron chi connectivity index (χ4n) is 2.80. The molecule has 0 aliphatic carbocycles. The number of anilines is 1. The summed E-state index contributed by atoms with van der Waals surface area (Å²) in [5.41, 5.74) is 0.691. The van der Waals surface area contributed by atoms with Crippen molar-refractivity contribution in [2.45, 2.75) is 32.2 Å². The van der Waals surface area contributed by atoms with E-state index in [-0.39, 0.29) is 17.8 Å². The average Bonchev–Trinajstić information content (AvgIpc) is 3.07. The van der Waals surface area contributed by atoms with Crippen molar-refractivity contribution < 1.29 is 19.2 Å². The van der Waals surface area contributed by atoms with Gasteiger partial charge in [-0.2, -0.15) is 0 Å². The van der Waals surface area contributed by atoms with Crippen LogP contribution in [0.5, 0.6) is 0 Å². The Hall–Kier alpha value is -2.48. The highest BCUT2D eigenvalue weighted by Gasteiger charge is 2.31. The first-order chi connectivity index (χ1) is 11.4. The molecule has 0 aromatic heterocycles. The minimum atomic E-state index is -0.694. The number of likely N-dealkylation sites (tertiary alicyclic amines) is 1. The third-order valence-corrected chi connectivity index (χ3v) is 4.08. The van der Waals surface area contributed by atoms with Crippen molar-refractivity contribution in [3.05, 3.63) is 33.9 Å². The zero-order valence-electron chi connectivity index (χ0n) is 13.8. The van der Waals surface area contributed by atoms with Gasteiger partial charge in [0.2, 0.25) is 5.91 Å². The van der Waals surface area contributed by atoms with Crippen LogP contribution < -0.4 is 5.32 Å². The molecule has 0 saturated carbocycles. The molecule has 8 heteroatoms. The summed E-state index contributed by atoms with van der Waals surface area (Å²) in [4.78, 5) is 36.8. The fraction of sp³-hybridized carbons (Fsp3) is 0.500. The molecule has 24 heavy (non-hydrogen) atoms. The predicted molar refractivity (Wildman–Crippen MR) is 87.7 cm³/mol. The van der Waals surface area contributed by atoms with Gasteiger partial charge in [-0.3, -0.25) is 24.6 Å². The molecular formula is C16H21N3O5. The Bertz CT molecular complexity index is 641. The number of nitrogens with one attached hydrogen (secondary N) is 1. The largest absolute Gasteiger partial charge is 0.469 e. The van der Waals surface area contributed by atoms with Crippen LogP contribution in [0, 0.1) is 17.0 Å². The van der Waals surface area contributed by atoms with E-state index < -0.39 is 22.8 Å². The Labute approximate surface area is 139 Å². The summed E-state index contributed by atoms with van der Waals surface area (Å²) in [6.45, 7) is 3.17. The minimum absolute atomic E-state index is 0.0814. The molecule has 1 amide bonds. The first-order valence-corrected chi connectivity index (χ1v) is 7.79. The summed E-state index contributed by atoms with van der Waals surface area (Å²) in [7, 11) is 1.27. The van der Waals surface area contributed by atoms with Crippen LogP contribution in [0.3, 0.4) is 0 Å². The van der Waals surface area contributed by atoms with Crippen molar-refractivity contribution in [3.8, 4) is 0 Å². The van der Waals surface area contributed by atoms with Crippen molar-refractivity contribution in [2.75, 3.05) is 25.5 Å². The molecule has 0 spiro atoms. The van der Waals surface area contributed by atoms with Crippen molar-refractivity contribution in [1.29, 1.82) is 0 Å². The lowest BCUT2D eigenvalue weighted by molar-refractivity contribution is -0.384. The van der Waals surface area contributed by atoms with Gasteiger partial charge in [-0.05, 0) is 44.5 Å². The topological polar surface area (TPSA) is 102 Å². The summed E-state index contributed by atoms with van der Waals surface area (Å²) in [6.07, 6.45) is 1.83. The number of hydrogen-bond acceptors (Lipinski definition) is 6. The lowest BCUT2D eigenvalue weighted by Crippen LogP contribution is -2.44. The minimum Gasteiger partial charge on any atom is -0.469 e. The van der Waals surface area contributed by atoms with E-state index in [9.17, 15) is 19.7 Å². The number of carbonyl (C=O) groups is 2. The Morgan fingerprint density at radius 2 is 2.04 bits per heavy atom. The average molecular weight is 335 g/mol. The van der Waals surface area contributed by atoms with Crippen molar-refractivity contribution in [2.24, 2.45) is 0 Å². The number of rotatable bonds is 6. The molecule has 1 atom stereocenters. The molecule has 1 fully saturated rings. The highest BCUT2D eigenvalue weighted by Crippen LogP contribution is 2.26. The molecule has 8 nitrogen and oxygen atoms in total. The van der Waals surface area contributed by atoms with Gasteiger partial charge >= 0.3 is 5.97 Å². The number of nitrogens with zero attached hydrogens (tertiary/aromatic N) is 2. The van der Waals surface area contributed by atoms with Crippen molar-refractivity contribution in [1.82, 2.24) is 4.90 Å². The Balaban J connectivity index is 2.20. The van der Waals surface area contributed by atoms with E-state index in [0.29, 0.717) is 13.1 Å². The van der Waals surface area contributed by atoms with Crippen molar-refractivity contribution in [3.63, 3.8) is 0 Å². The van der Waals surface area contributed by atoms with Gasteiger partial charge in [0.15, 0.2) is 0 Å². The van der Waals surface area contributed by atoms with Gasteiger partial charge in [0, 0.05) is 6.07 Å². The smallest absolute Gasteiger partial charge is 0.307 e. The Morgan fingerprint density at radius 1 is 1.38 bits per heavy atom. The van der Waals surface area contributed by atoms with Crippen LogP contribution in [0.1, 0.15) is 24.8 Å². The second-order valence-corrected chi connectivity index (χ2v) is 5.81. The SMILES string of the molecule is COC(=O)CC(C(=O)Nc1ccc(C)cc1[N+](=O)[O-])N1CCCC1. The summed E-state index contributed by atoms with van der Waals surface area (Å²) in [5, 5.41) is 13.8. The van der Waals surface area contributed by atoms with Gasteiger partial charge in [-0.25, -0.2) is 0 Å². The molecule has 1 heterocycles. The maximum Gasteiger partial charge on any atom is 0.307 e. The summed E-state index contributed by atoms with van der Waals surface area (Å²) in [6, 6.07) is 3.90. The quantitative estimate of drug-likeness (QED) is 0.484. The van der Waals surface area contributed by atoms with Gasteiger partial charge in [0.05, 0.1) is 18.5 Å². The molecule has 1 aliphatic rings. The zero-order valence-corrected chi connectivity index (χ0v) is 13.8. The lowest BCUT2D eigenvalue weighted by atomic mass is 10.1. The normalized spacial score (nSPS) is 15.8. The maximum atomic E-state index is 12.6. The van der Waals surface area contributed by atoms with Gasteiger partial charge < -0.3 is 10.1 Å². The number of carbonyl (C=O) groups excluding carboxylic acids is 2. The maximum absolute atomic E-state index is 12.6. The number of amides is 1. The van der Waals surface area contributed by atoms with E-state index >= 15 is 0 Å². The van der Waals surface area contributed by atoms with E-state index in [1.165, 1.54) is 19.2 Å². The van der Waals surface area contributed by atoms with Crippen LogP contribution in [0.2, 0.25) is 0 Å². The van der Waals surface area contributed by atoms with E-state index in [0.717, 1.165) is 18.4 Å². The standard InChI is InChI=1S/C16H21N3O5/c1-11-5-6-12(13(9-11)19(22)23)17-16(21)14(10-15(20)24-2)18-7-3-4-8-18/h5-6,9,14H,3-4,7-8,10H2,1-2H3,(H,17,21). The number of nitro benzene ring substituents is 1. The van der Waals surface area contributed by atoms with Gasteiger partial charge in [-0.15, -0.1) is 0 Å². The number of ether oxygens (including phenoxy) is 1. The molecule has 1 aliphatic heterocycles. The van der Waals surface area contributed by atoms with E-state index in [4.69, 9.17) is 0 Å².